The predicted molar refractivity (Wildman–Crippen MR) is 127 cm³/mol. The summed E-state index contributed by atoms with van der Waals surface area (Å²) < 4.78 is 33.5. The van der Waals surface area contributed by atoms with Gasteiger partial charge in [-0.05, 0) is 0 Å². The van der Waals surface area contributed by atoms with E-state index in [-0.39, 0.29) is 5.88 Å². The standard InChI is InChI=1S/C13H27.C10H10F2N5O.Sn/c1-4-7-10-13(11-8-5-2)12-9-6-3;1-18-9-7(5-17(16-9)6-8(11)12)15-10-13-3-2-4-14-10;/h4-12H2,1-3H3;2-3,5,8H,6H2,1H3,(H,13,14,15);. The first-order valence-corrected chi connectivity index (χ1v) is 14.6. The van der Waals surface area contributed by atoms with E-state index in [1.54, 1.807) is 6.20 Å². The van der Waals surface area contributed by atoms with Crippen molar-refractivity contribution in [1.82, 2.24) is 19.7 Å². The Hall–Kier alpha value is -1.45. The van der Waals surface area contributed by atoms with Crippen LogP contribution in [-0.4, -0.2) is 54.4 Å². The van der Waals surface area contributed by atoms with Crippen molar-refractivity contribution in [3.63, 3.8) is 0 Å². The zero-order valence-corrected chi connectivity index (χ0v) is 22.7. The summed E-state index contributed by atoms with van der Waals surface area (Å²) in [5.41, 5.74) is 0.491. The molecule has 0 aromatic carbocycles. The summed E-state index contributed by atoms with van der Waals surface area (Å²) >= 11 is -0.994. The van der Waals surface area contributed by atoms with E-state index in [0.717, 1.165) is 0 Å². The monoisotopic (exact) mass is 557 g/mol. The second-order valence-corrected chi connectivity index (χ2v) is 13.5. The van der Waals surface area contributed by atoms with Crippen LogP contribution in [0.1, 0.15) is 78.6 Å². The predicted octanol–water partition coefficient (Wildman–Crippen LogP) is 5.75. The average molecular weight is 556 g/mol. The summed E-state index contributed by atoms with van der Waals surface area (Å²) in [4.78, 5) is 9.20. The topological polar surface area (TPSA) is 64.9 Å². The van der Waals surface area contributed by atoms with E-state index < -0.39 is 34.1 Å². The normalized spacial score (nSPS) is 11.8. The molecule has 0 bridgehead atoms. The first kappa shape index (κ1) is 26.8. The van der Waals surface area contributed by atoms with Gasteiger partial charge >= 0.3 is 201 Å². The van der Waals surface area contributed by atoms with E-state index in [1.165, 1.54) is 79.5 Å². The molecule has 32 heavy (non-hydrogen) atoms. The van der Waals surface area contributed by atoms with E-state index in [2.05, 4.69) is 42.2 Å². The van der Waals surface area contributed by atoms with Gasteiger partial charge in [-0.15, -0.1) is 0 Å². The van der Waals surface area contributed by atoms with Crippen LogP contribution in [0.4, 0.5) is 20.4 Å². The summed E-state index contributed by atoms with van der Waals surface area (Å²) in [7, 11) is 1.47. The molecule has 2 aromatic heterocycles. The molecule has 2 rings (SSSR count). The van der Waals surface area contributed by atoms with Crippen LogP contribution in [0.2, 0.25) is 3.43 Å². The number of hydrogen-bond donors (Lipinski definition) is 1. The number of alkyl halides is 2. The molecule has 178 valence electrons. The van der Waals surface area contributed by atoms with E-state index in [4.69, 9.17) is 9.72 Å². The van der Waals surface area contributed by atoms with Crippen LogP contribution < -0.4 is 13.8 Å². The third-order valence-corrected chi connectivity index (χ3v) is 10.7. The molecule has 0 spiro atoms. The van der Waals surface area contributed by atoms with Gasteiger partial charge in [0.05, 0.1) is 0 Å². The number of methoxy groups -OCH3 is 1. The quantitative estimate of drug-likeness (QED) is 0.267. The van der Waals surface area contributed by atoms with Crippen LogP contribution in [0.25, 0.3) is 0 Å². The number of ether oxygens (including phenoxy) is 1. The fourth-order valence-electron chi connectivity index (χ4n) is 3.86. The zero-order valence-electron chi connectivity index (χ0n) is 19.8. The van der Waals surface area contributed by atoms with Crippen molar-refractivity contribution >= 4 is 36.5 Å². The van der Waals surface area contributed by atoms with Crippen molar-refractivity contribution in [3.05, 3.63) is 18.5 Å². The van der Waals surface area contributed by atoms with Gasteiger partial charge < -0.3 is 0 Å². The number of halogens is 2. The van der Waals surface area contributed by atoms with Gasteiger partial charge in [-0.3, -0.25) is 0 Å². The first-order chi connectivity index (χ1) is 15.4. The zero-order chi connectivity index (χ0) is 23.4. The number of nitrogens with zero attached hydrogens (tertiary/aromatic N) is 4. The molecule has 0 atom stereocenters. The number of aromatic nitrogens is 4. The van der Waals surface area contributed by atoms with Gasteiger partial charge in [0.25, 0.3) is 0 Å². The minimum atomic E-state index is -2.48. The third-order valence-electron chi connectivity index (χ3n) is 5.57. The molecule has 6 nitrogen and oxygen atoms in total. The fourth-order valence-corrected chi connectivity index (χ4v) is 8.91. The first-order valence-electron chi connectivity index (χ1n) is 11.7. The van der Waals surface area contributed by atoms with Crippen LogP contribution in [-0.2, 0) is 6.54 Å². The summed E-state index contributed by atoms with van der Waals surface area (Å²) in [5, 5.41) is 7.18. The molecule has 0 aliphatic carbocycles. The van der Waals surface area contributed by atoms with Crippen LogP contribution in [0.15, 0.2) is 18.5 Å². The van der Waals surface area contributed by atoms with E-state index >= 15 is 0 Å². The van der Waals surface area contributed by atoms with Crippen LogP contribution in [0.5, 0.6) is 5.88 Å². The van der Waals surface area contributed by atoms with Crippen molar-refractivity contribution in [2.45, 2.75) is 95.0 Å². The molecule has 0 aliphatic rings. The van der Waals surface area contributed by atoms with Gasteiger partial charge in [-0.1, -0.05) is 0 Å². The molecule has 0 aliphatic heterocycles. The molecule has 2 radical (unpaired) electrons. The van der Waals surface area contributed by atoms with Gasteiger partial charge in [-0.25, -0.2) is 0 Å². The summed E-state index contributed by atoms with van der Waals surface area (Å²) in [6, 6.07) is 2.06. The van der Waals surface area contributed by atoms with Crippen molar-refractivity contribution in [2.75, 3.05) is 12.4 Å². The van der Waals surface area contributed by atoms with Gasteiger partial charge in [-0.2, -0.15) is 0 Å². The number of hydrogen-bond acceptors (Lipinski definition) is 5. The second kappa shape index (κ2) is 14.0. The molecule has 2 aromatic rings. The average Bonchev–Trinajstić information content (AvgIpc) is 3.15. The van der Waals surface area contributed by atoms with Crippen LogP contribution >= 0.6 is 0 Å². The van der Waals surface area contributed by atoms with E-state index in [9.17, 15) is 8.78 Å². The van der Waals surface area contributed by atoms with Crippen molar-refractivity contribution in [2.24, 2.45) is 0 Å². The number of unbranched alkanes of at least 4 members (excludes halogenated alkanes) is 3. The number of rotatable bonds is 16. The Bertz CT molecular complexity index is 781. The van der Waals surface area contributed by atoms with Crippen molar-refractivity contribution in [3.8, 4) is 5.88 Å². The Morgan fingerprint density at radius 2 is 1.72 bits per heavy atom. The van der Waals surface area contributed by atoms with Gasteiger partial charge in [0.15, 0.2) is 0 Å². The van der Waals surface area contributed by atoms with Crippen LogP contribution in [0, 0.1) is 0 Å². The summed E-state index contributed by atoms with van der Waals surface area (Å²) in [6.45, 7) is 6.32. The van der Waals surface area contributed by atoms with Gasteiger partial charge in [0.2, 0.25) is 0 Å². The Balaban J connectivity index is 2.23. The Morgan fingerprint density at radius 3 is 2.25 bits per heavy atom. The molecular weight excluding hydrogens is 519 g/mol. The minimum absolute atomic E-state index is 0.253. The molecule has 9 heteroatoms. The third kappa shape index (κ3) is 8.48. The molecule has 2 heterocycles. The second-order valence-electron chi connectivity index (χ2n) is 8.27. The summed E-state index contributed by atoms with van der Waals surface area (Å²) in [5.74, 6) is 0.719. The SMILES string of the molecule is CCCC[C](CCCC)(CCCC)[Sn][c]1ccnc(Nc2cn(CC(F)F)nc2OC)n1. The maximum atomic E-state index is 12.7. The van der Waals surface area contributed by atoms with E-state index in [1.807, 2.05) is 0 Å². The van der Waals surface area contributed by atoms with Gasteiger partial charge in [0, 0.05) is 0 Å². The molecular formula is C23H37F2N5OSn. The number of anilines is 2. The summed E-state index contributed by atoms with van der Waals surface area (Å²) in [6.07, 6.45) is 12.2. The van der Waals surface area contributed by atoms with Crippen molar-refractivity contribution in [1.29, 1.82) is 0 Å². The Kier molecular flexibility index (Phi) is 11.7. The molecule has 0 unspecified atom stereocenters. The number of nitrogens with one attached hydrogen (secondary N) is 1. The Labute approximate surface area is 201 Å². The van der Waals surface area contributed by atoms with Gasteiger partial charge in [0.1, 0.15) is 0 Å². The maximum absolute atomic E-state index is 12.7. The molecule has 0 amide bonds. The van der Waals surface area contributed by atoms with E-state index in [0.29, 0.717) is 15.1 Å². The molecule has 1 N–H and O–H groups in total. The van der Waals surface area contributed by atoms with Crippen molar-refractivity contribution < 1.29 is 13.5 Å². The molecule has 0 saturated heterocycles. The molecule has 0 saturated carbocycles. The van der Waals surface area contributed by atoms with Crippen LogP contribution in [0.3, 0.4) is 0 Å². The Morgan fingerprint density at radius 1 is 1.09 bits per heavy atom. The fraction of sp³-hybridized carbons (Fsp3) is 0.696. The molecule has 0 fully saturated rings.